The average molecular weight is 113 g/mol. The Bertz CT molecular complexity index is 86.6. The zero-order valence-electron chi connectivity index (χ0n) is 4.33. The van der Waals surface area contributed by atoms with E-state index in [1.165, 1.54) is 18.7 Å². The molecular formula is C5H7NO2. The first kappa shape index (κ1) is 6.75. The second kappa shape index (κ2) is 5.75. The van der Waals surface area contributed by atoms with E-state index in [0.29, 0.717) is 6.41 Å². The molecule has 0 saturated carbocycles. The summed E-state index contributed by atoms with van der Waals surface area (Å²) in [5, 5.41) is 2.25. The van der Waals surface area contributed by atoms with Crippen LogP contribution in [-0.2, 0) is 9.53 Å². The Kier molecular flexibility index (Phi) is 4.85. The summed E-state index contributed by atoms with van der Waals surface area (Å²) < 4.78 is 4.50. The van der Waals surface area contributed by atoms with Crippen LogP contribution < -0.4 is 5.32 Å². The molecular weight excluding hydrogens is 106 g/mol. The highest BCUT2D eigenvalue weighted by Gasteiger charge is 1.63. The van der Waals surface area contributed by atoms with Crippen LogP contribution in [-0.4, -0.2) is 6.41 Å². The molecule has 8 heavy (non-hydrogen) atoms. The fraction of sp³-hybridized carbons (Fsp3) is 0. The predicted octanol–water partition coefficient (Wildman–Crippen LogP) is 0.364. The first-order valence-corrected chi connectivity index (χ1v) is 2.03. The maximum Gasteiger partial charge on any atom is 0.211 e. The van der Waals surface area contributed by atoms with Crippen molar-refractivity contribution in [3.63, 3.8) is 0 Å². The largest absolute Gasteiger partial charge is 0.472 e. The van der Waals surface area contributed by atoms with Gasteiger partial charge in [-0.05, 0) is 0 Å². The summed E-state index contributed by atoms with van der Waals surface area (Å²) in [4.78, 5) is 9.52. The molecule has 0 bridgehead atoms. The van der Waals surface area contributed by atoms with Crippen molar-refractivity contribution < 1.29 is 9.53 Å². The minimum absolute atomic E-state index is 0.545. The Morgan fingerprint density at radius 2 is 2.38 bits per heavy atom. The van der Waals surface area contributed by atoms with Gasteiger partial charge in [0.2, 0.25) is 6.41 Å². The first-order valence-electron chi connectivity index (χ1n) is 2.03. The van der Waals surface area contributed by atoms with Crippen molar-refractivity contribution in [3.05, 3.63) is 25.3 Å². The smallest absolute Gasteiger partial charge is 0.211 e. The van der Waals surface area contributed by atoms with E-state index in [2.05, 4.69) is 16.6 Å². The lowest BCUT2D eigenvalue weighted by atomic mass is 10.9. The Hall–Kier alpha value is -1.25. The molecule has 3 nitrogen and oxygen atoms in total. The van der Waals surface area contributed by atoms with Gasteiger partial charge >= 0.3 is 0 Å². The summed E-state index contributed by atoms with van der Waals surface area (Å²) >= 11 is 0. The molecule has 0 aliphatic carbocycles. The maximum atomic E-state index is 9.52. The van der Waals surface area contributed by atoms with Crippen LogP contribution in [0.5, 0.6) is 0 Å². The van der Waals surface area contributed by atoms with Gasteiger partial charge in [-0.25, -0.2) is 0 Å². The molecule has 44 valence electrons. The number of amides is 1. The fourth-order valence-electron chi connectivity index (χ4n) is 0.173. The number of hydrogen-bond acceptors (Lipinski definition) is 2. The molecule has 0 spiro atoms. The van der Waals surface area contributed by atoms with Crippen LogP contribution in [0.15, 0.2) is 25.3 Å². The van der Waals surface area contributed by atoms with Gasteiger partial charge in [-0.15, -0.1) is 0 Å². The Morgan fingerprint density at radius 1 is 1.62 bits per heavy atom. The van der Waals surface area contributed by atoms with Crippen molar-refractivity contribution in [1.29, 1.82) is 0 Å². The summed E-state index contributed by atoms with van der Waals surface area (Å²) in [7, 11) is 0. The molecule has 0 aromatic heterocycles. The van der Waals surface area contributed by atoms with Crippen molar-refractivity contribution in [2.24, 2.45) is 0 Å². The number of nitrogens with one attached hydrogen (secondary N) is 1. The quantitative estimate of drug-likeness (QED) is 0.422. The highest BCUT2D eigenvalue weighted by atomic mass is 16.5. The molecule has 0 aromatic rings. The summed E-state index contributed by atoms with van der Waals surface area (Å²) in [5.41, 5.74) is 0. The van der Waals surface area contributed by atoms with Gasteiger partial charge < -0.3 is 10.1 Å². The monoisotopic (exact) mass is 113 g/mol. The SMILES string of the molecule is C=COC=CNC=O. The summed E-state index contributed by atoms with van der Waals surface area (Å²) in [6.07, 6.45) is 4.46. The van der Waals surface area contributed by atoms with Crippen molar-refractivity contribution in [2.75, 3.05) is 0 Å². The lowest BCUT2D eigenvalue weighted by Gasteiger charge is -1.84. The van der Waals surface area contributed by atoms with Gasteiger partial charge in [0.25, 0.3) is 0 Å². The lowest BCUT2D eigenvalue weighted by Crippen LogP contribution is -1.97. The topological polar surface area (TPSA) is 38.3 Å². The Balaban J connectivity index is 3.06. The Labute approximate surface area is 47.6 Å². The highest BCUT2D eigenvalue weighted by Crippen LogP contribution is 1.71. The second-order valence-corrected chi connectivity index (χ2v) is 0.890. The van der Waals surface area contributed by atoms with Gasteiger partial charge in [0.1, 0.15) is 6.26 Å². The van der Waals surface area contributed by atoms with Crippen molar-refractivity contribution in [2.45, 2.75) is 0 Å². The van der Waals surface area contributed by atoms with E-state index in [0.717, 1.165) is 0 Å². The lowest BCUT2D eigenvalue weighted by molar-refractivity contribution is -0.108. The van der Waals surface area contributed by atoms with Crippen LogP contribution in [0, 0.1) is 0 Å². The fourth-order valence-corrected chi connectivity index (χ4v) is 0.173. The third kappa shape index (κ3) is 4.75. The van der Waals surface area contributed by atoms with Gasteiger partial charge in [0, 0.05) is 6.20 Å². The molecule has 0 rings (SSSR count). The highest BCUT2D eigenvalue weighted by molar-refractivity contribution is 5.47. The molecule has 0 heterocycles. The zero-order chi connectivity index (χ0) is 6.24. The van der Waals surface area contributed by atoms with E-state index in [1.54, 1.807) is 0 Å². The number of rotatable bonds is 4. The molecule has 0 saturated heterocycles. The van der Waals surface area contributed by atoms with Crippen LogP contribution in [0.4, 0.5) is 0 Å². The third-order valence-electron chi connectivity index (χ3n) is 0.407. The standard InChI is InChI=1S/C5H7NO2/c1-2-8-4-3-6-5-7/h2-5H,1H2,(H,6,7). The summed E-state index contributed by atoms with van der Waals surface area (Å²) in [6, 6.07) is 0. The summed E-state index contributed by atoms with van der Waals surface area (Å²) in [5.74, 6) is 0. The molecule has 1 amide bonds. The molecule has 3 heteroatoms. The third-order valence-corrected chi connectivity index (χ3v) is 0.407. The minimum Gasteiger partial charge on any atom is -0.472 e. The molecule has 0 fully saturated rings. The van der Waals surface area contributed by atoms with E-state index in [9.17, 15) is 4.79 Å². The van der Waals surface area contributed by atoms with E-state index >= 15 is 0 Å². The number of ether oxygens (including phenoxy) is 1. The van der Waals surface area contributed by atoms with Gasteiger partial charge in [-0.3, -0.25) is 4.79 Å². The summed E-state index contributed by atoms with van der Waals surface area (Å²) in [6.45, 7) is 3.27. The second-order valence-electron chi connectivity index (χ2n) is 0.890. The molecule has 0 aliphatic rings. The number of carbonyl (C=O) groups excluding carboxylic acids is 1. The van der Waals surface area contributed by atoms with Gasteiger partial charge in [-0.2, -0.15) is 0 Å². The maximum absolute atomic E-state index is 9.52. The number of carbonyl (C=O) groups is 1. The van der Waals surface area contributed by atoms with E-state index < -0.39 is 0 Å². The normalized spacial score (nSPS) is 8.50. The first-order chi connectivity index (χ1) is 3.91. The van der Waals surface area contributed by atoms with Crippen LogP contribution >= 0.6 is 0 Å². The van der Waals surface area contributed by atoms with Crippen molar-refractivity contribution >= 4 is 6.41 Å². The molecule has 0 aromatic carbocycles. The van der Waals surface area contributed by atoms with Crippen LogP contribution in [0.2, 0.25) is 0 Å². The average Bonchev–Trinajstić information content (AvgIpc) is 1.81. The zero-order valence-corrected chi connectivity index (χ0v) is 4.33. The molecule has 0 aliphatic heterocycles. The van der Waals surface area contributed by atoms with Gasteiger partial charge in [-0.1, -0.05) is 6.58 Å². The molecule has 0 unspecified atom stereocenters. The van der Waals surface area contributed by atoms with Crippen LogP contribution in [0.25, 0.3) is 0 Å². The molecule has 1 N–H and O–H groups in total. The van der Waals surface area contributed by atoms with Crippen LogP contribution in [0.1, 0.15) is 0 Å². The van der Waals surface area contributed by atoms with Gasteiger partial charge in [0.05, 0.1) is 6.26 Å². The van der Waals surface area contributed by atoms with Gasteiger partial charge in [0.15, 0.2) is 0 Å². The molecule has 0 radical (unpaired) electrons. The Morgan fingerprint density at radius 3 is 2.88 bits per heavy atom. The van der Waals surface area contributed by atoms with E-state index in [1.807, 2.05) is 0 Å². The number of hydrogen-bond donors (Lipinski definition) is 1. The van der Waals surface area contributed by atoms with Crippen molar-refractivity contribution in [3.8, 4) is 0 Å². The van der Waals surface area contributed by atoms with E-state index in [-0.39, 0.29) is 0 Å². The minimum atomic E-state index is 0.545. The molecule has 0 atom stereocenters. The predicted molar refractivity (Wildman–Crippen MR) is 29.6 cm³/mol. The van der Waals surface area contributed by atoms with E-state index in [4.69, 9.17) is 0 Å². The van der Waals surface area contributed by atoms with Crippen LogP contribution in [0.3, 0.4) is 0 Å². The van der Waals surface area contributed by atoms with Crippen molar-refractivity contribution in [1.82, 2.24) is 5.32 Å².